The molecule has 21 heavy (non-hydrogen) atoms. The van der Waals surface area contributed by atoms with Gasteiger partial charge in [-0.15, -0.1) is 6.58 Å². The van der Waals surface area contributed by atoms with Crippen molar-refractivity contribution in [2.24, 2.45) is 0 Å². The van der Waals surface area contributed by atoms with Crippen molar-refractivity contribution in [1.29, 1.82) is 0 Å². The van der Waals surface area contributed by atoms with E-state index in [2.05, 4.69) is 6.58 Å². The van der Waals surface area contributed by atoms with Gasteiger partial charge in [0.1, 0.15) is 17.1 Å². The van der Waals surface area contributed by atoms with Crippen LogP contribution in [0, 0.1) is 0 Å². The molecule has 1 fully saturated rings. The van der Waals surface area contributed by atoms with Crippen molar-refractivity contribution in [3.8, 4) is 0 Å². The fourth-order valence-electron chi connectivity index (χ4n) is 2.61. The largest absolute Gasteiger partial charge is 0.467 e. The Kier molecular flexibility index (Phi) is 3.69. The molecule has 1 aliphatic rings. The Bertz CT molecular complexity index is 704. The van der Waals surface area contributed by atoms with Crippen molar-refractivity contribution in [2.45, 2.75) is 28.8 Å². The van der Waals surface area contributed by atoms with Gasteiger partial charge in [0.15, 0.2) is 9.84 Å². The molecular formula is C16H16O4S. The molecule has 4 nitrogen and oxygen atoms in total. The number of ether oxygens (including phenoxy) is 1. The summed E-state index contributed by atoms with van der Waals surface area (Å²) in [4.78, 5) is 0.305. The van der Waals surface area contributed by atoms with E-state index in [4.69, 9.17) is 9.15 Å². The van der Waals surface area contributed by atoms with Crippen LogP contribution >= 0.6 is 0 Å². The average molecular weight is 304 g/mol. The van der Waals surface area contributed by atoms with Crippen molar-refractivity contribution < 1.29 is 17.6 Å². The lowest BCUT2D eigenvalue weighted by Gasteiger charge is -2.17. The molecular weight excluding hydrogens is 288 g/mol. The topological polar surface area (TPSA) is 56.5 Å². The lowest BCUT2D eigenvalue weighted by Crippen LogP contribution is -2.24. The van der Waals surface area contributed by atoms with Gasteiger partial charge < -0.3 is 9.15 Å². The van der Waals surface area contributed by atoms with Gasteiger partial charge in [-0.25, -0.2) is 8.42 Å². The summed E-state index contributed by atoms with van der Waals surface area (Å²) < 4.78 is 36.8. The first-order chi connectivity index (χ1) is 10.1. The first-order valence-electron chi connectivity index (χ1n) is 6.73. The smallest absolute Gasteiger partial charge is 0.184 e. The van der Waals surface area contributed by atoms with Gasteiger partial charge in [-0.1, -0.05) is 24.3 Å². The molecule has 0 amide bonds. The van der Waals surface area contributed by atoms with Crippen LogP contribution in [-0.2, 0) is 14.6 Å². The summed E-state index contributed by atoms with van der Waals surface area (Å²) in [5.74, 6) is 0.531. The molecule has 110 valence electrons. The number of benzene rings is 1. The molecule has 5 heteroatoms. The maximum Gasteiger partial charge on any atom is 0.184 e. The van der Waals surface area contributed by atoms with Gasteiger partial charge >= 0.3 is 0 Å². The number of hydrogen-bond donors (Lipinski definition) is 0. The maximum atomic E-state index is 12.8. The van der Waals surface area contributed by atoms with E-state index in [1.807, 2.05) is 0 Å². The molecule has 3 atom stereocenters. The fourth-order valence-corrected chi connectivity index (χ4v) is 4.47. The minimum atomic E-state index is -3.49. The first kappa shape index (κ1) is 14.1. The molecule has 0 spiro atoms. The summed E-state index contributed by atoms with van der Waals surface area (Å²) in [6.45, 7) is 3.70. The number of furan rings is 1. The quantitative estimate of drug-likeness (QED) is 0.814. The number of sulfone groups is 1. The molecule has 0 unspecified atom stereocenters. The average Bonchev–Trinajstić information content (AvgIpc) is 3.17. The summed E-state index contributed by atoms with van der Waals surface area (Å²) >= 11 is 0. The van der Waals surface area contributed by atoms with Crippen LogP contribution in [0.3, 0.4) is 0 Å². The van der Waals surface area contributed by atoms with Crippen LogP contribution in [-0.4, -0.2) is 19.8 Å². The van der Waals surface area contributed by atoms with Crippen molar-refractivity contribution in [3.05, 3.63) is 67.1 Å². The second-order valence-corrected chi connectivity index (χ2v) is 7.15. The Morgan fingerprint density at radius 1 is 1.14 bits per heavy atom. The van der Waals surface area contributed by atoms with Crippen molar-refractivity contribution in [1.82, 2.24) is 0 Å². The van der Waals surface area contributed by atoms with E-state index >= 15 is 0 Å². The highest BCUT2D eigenvalue weighted by Gasteiger charge is 2.45. The van der Waals surface area contributed by atoms with E-state index in [0.717, 1.165) is 0 Å². The van der Waals surface area contributed by atoms with Gasteiger partial charge in [0.2, 0.25) is 0 Å². The molecule has 1 aromatic carbocycles. The van der Waals surface area contributed by atoms with Crippen molar-refractivity contribution >= 4 is 9.84 Å². The third-order valence-electron chi connectivity index (χ3n) is 3.68. The minimum absolute atomic E-state index is 0.288. The predicted octanol–water partition coefficient (Wildman–Crippen LogP) is 3.14. The van der Waals surface area contributed by atoms with E-state index in [1.54, 1.807) is 48.5 Å². The van der Waals surface area contributed by atoms with E-state index in [-0.39, 0.29) is 6.10 Å². The van der Waals surface area contributed by atoms with Gasteiger partial charge in [-0.05, 0) is 30.7 Å². The van der Waals surface area contributed by atoms with Crippen LogP contribution in [0.2, 0.25) is 0 Å². The molecule has 1 saturated heterocycles. The summed E-state index contributed by atoms with van der Waals surface area (Å²) in [6.07, 6.45) is 2.64. The molecule has 0 N–H and O–H groups in total. The third-order valence-corrected chi connectivity index (χ3v) is 5.85. The van der Waals surface area contributed by atoms with Gasteiger partial charge in [0.25, 0.3) is 0 Å². The highest BCUT2D eigenvalue weighted by Crippen LogP contribution is 2.40. The Hall–Kier alpha value is -1.85. The molecule has 2 aromatic rings. The Labute approximate surface area is 124 Å². The number of hydrogen-bond acceptors (Lipinski definition) is 4. The fraction of sp³-hybridized carbons (Fsp3) is 0.250. The lowest BCUT2D eigenvalue weighted by molar-refractivity contribution is 0.0577. The molecule has 1 aliphatic heterocycles. The maximum absolute atomic E-state index is 12.8. The summed E-state index contributed by atoms with van der Waals surface area (Å²) in [7, 11) is -3.49. The summed E-state index contributed by atoms with van der Waals surface area (Å²) in [6, 6.07) is 11.9. The van der Waals surface area contributed by atoms with Gasteiger partial charge in [0.05, 0.1) is 17.3 Å². The van der Waals surface area contributed by atoms with Crippen LogP contribution in [0.15, 0.2) is 70.7 Å². The van der Waals surface area contributed by atoms with Crippen LogP contribution in [0.25, 0.3) is 0 Å². The summed E-state index contributed by atoms with van der Waals surface area (Å²) in [5.41, 5.74) is 0. The highest BCUT2D eigenvalue weighted by atomic mass is 32.2. The van der Waals surface area contributed by atoms with E-state index in [0.29, 0.717) is 17.1 Å². The molecule has 2 heterocycles. The third kappa shape index (κ3) is 2.54. The monoisotopic (exact) mass is 304 g/mol. The molecule has 0 saturated carbocycles. The zero-order valence-electron chi connectivity index (χ0n) is 11.4. The second kappa shape index (κ2) is 5.50. The predicted molar refractivity (Wildman–Crippen MR) is 78.6 cm³/mol. The molecule has 0 aliphatic carbocycles. The van der Waals surface area contributed by atoms with Gasteiger partial charge in [0, 0.05) is 0 Å². The van der Waals surface area contributed by atoms with Crippen LogP contribution in [0.5, 0.6) is 0 Å². The number of rotatable bonds is 4. The Morgan fingerprint density at radius 3 is 2.52 bits per heavy atom. The molecule has 3 rings (SSSR count). The zero-order valence-corrected chi connectivity index (χ0v) is 12.2. The summed E-state index contributed by atoms with van der Waals surface area (Å²) in [5, 5.41) is -0.672. The van der Waals surface area contributed by atoms with Crippen molar-refractivity contribution in [3.63, 3.8) is 0 Å². The van der Waals surface area contributed by atoms with Crippen LogP contribution in [0.4, 0.5) is 0 Å². The normalized spacial score (nSPS) is 25.8. The first-order valence-corrected chi connectivity index (χ1v) is 8.28. The lowest BCUT2D eigenvalue weighted by atomic mass is 10.1. The zero-order chi connectivity index (χ0) is 14.9. The Balaban J connectivity index is 2.00. The Morgan fingerprint density at radius 2 is 1.90 bits per heavy atom. The standard InChI is InChI=1S/C16H16O4S/c1-2-12-11-15(16(20-12)14-9-6-10-19-14)21(17,18)13-7-4-3-5-8-13/h2-10,12,15-16H,1,11H2/t12-,15-,16+/m1/s1. The minimum Gasteiger partial charge on any atom is -0.467 e. The molecule has 1 aromatic heterocycles. The highest BCUT2D eigenvalue weighted by molar-refractivity contribution is 7.92. The SMILES string of the molecule is C=C[C@@H]1C[C@@H](S(=O)(=O)c2ccccc2)[C@H](c2ccco2)O1. The van der Waals surface area contributed by atoms with E-state index in [9.17, 15) is 8.42 Å². The van der Waals surface area contributed by atoms with Gasteiger partial charge in [-0.3, -0.25) is 0 Å². The van der Waals surface area contributed by atoms with E-state index in [1.165, 1.54) is 6.26 Å². The van der Waals surface area contributed by atoms with Crippen LogP contribution < -0.4 is 0 Å². The van der Waals surface area contributed by atoms with Gasteiger partial charge in [-0.2, -0.15) is 0 Å². The van der Waals surface area contributed by atoms with Crippen LogP contribution in [0.1, 0.15) is 18.3 Å². The van der Waals surface area contributed by atoms with Crippen molar-refractivity contribution in [2.75, 3.05) is 0 Å². The molecule has 0 radical (unpaired) electrons. The second-order valence-electron chi connectivity index (χ2n) is 4.98. The molecule has 0 bridgehead atoms. The van der Waals surface area contributed by atoms with E-state index < -0.39 is 21.2 Å².